The van der Waals surface area contributed by atoms with Gasteiger partial charge in [-0.15, -0.1) is 11.8 Å². The van der Waals surface area contributed by atoms with Crippen molar-refractivity contribution in [3.8, 4) is 0 Å². The number of fused-ring (bicyclic) bond motifs is 1. The number of carbonyl (C=O) groups is 1. The zero-order chi connectivity index (χ0) is 23.7. The Kier molecular flexibility index (Phi) is 6.72. The number of esters is 1. The summed E-state index contributed by atoms with van der Waals surface area (Å²) >= 11 is 2.98. The van der Waals surface area contributed by atoms with Gasteiger partial charge in [-0.3, -0.25) is 9.36 Å². The minimum atomic E-state index is -0.594. The molecule has 0 radical (unpaired) electrons. The molecule has 2 heterocycles. The fraction of sp³-hybridized carbons (Fsp3) is 0.269. The normalized spacial score (nSPS) is 16.1. The van der Waals surface area contributed by atoms with Crippen molar-refractivity contribution in [1.29, 1.82) is 0 Å². The summed E-state index contributed by atoms with van der Waals surface area (Å²) in [6, 6.07) is 15.4. The van der Waals surface area contributed by atoms with E-state index in [0.29, 0.717) is 20.6 Å². The zero-order valence-corrected chi connectivity index (χ0v) is 20.9. The van der Waals surface area contributed by atoms with Crippen LogP contribution in [-0.2, 0) is 9.53 Å². The molecule has 0 unspecified atom stereocenters. The van der Waals surface area contributed by atoms with Crippen LogP contribution in [0, 0.1) is 6.92 Å². The summed E-state index contributed by atoms with van der Waals surface area (Å²) in [7, 11) is 0. The maximum atomic E-state index is 13.6. The number of thiazole rings is 1. The largest absolute Gasteiger partial charge is 0.459 e. The molecule has 33 heavy (non-hydrogen) atoms. The summed E-state index contributed by atoms with van der Waals surface area (Å²) in [4.78, 5) is 33.0. The summed E-state index contributed by atoms with van der Waals surface area (Å²) in [5, 5.41) is 0. The van der Waals surface area contributed by atoms with Crippen LogP contribution < -0.4 is 14.9 Å². The average Bonchev–Trinajstić information content (AvgIpc) is 3.08. The van der Waals surface area contributed by atoms with E-state index < -0.39 is 12.0 Å². The lowest BCUT2D eigenvalue weighted by Crippen LogP contribution is -2.40. The van der Waals surface area contributed by atoms with E-state index >= 15 is 0 Å². The Bertz CT molecular complexity index is 1400. The minimum absolute atomic E-state index is 0.166. The smallest absolute Gasteiger partial charge is 0.338 e. The first-order valence-corrected chi connectivity index (χ1v) is 12.8. The zero-order valence-electron chi connectivity index (χ0n) is 19.3. The van der Waals surface area contributed by atoms with Gasteiger partial charge >= 0.3 is 5.97 Å². The number of hydrogen-bond donors (Lipinski definition) is 0. The minimum Gasteiger partial charge on any atom is -0.459 e. The van der Waals surface area contributed by atoms with Gasteiger partial charge in [-0.1, -0.05) is 53.3 Å². The van der Waals surface area contributed by atoms with Crippen LogP contribution >= 0.6 is 23.1 Å². The summed E-state index contributed by atoms with van der Waals surface area (Å²) in [5.41, 5.74) is 3.76. The Labute approximate surface area is 201 Å². The molecule has 7 heteroatoms. The first kappa shape index (κ1) is 23.3. The molecule has 1 aliphatic rings. The molecule has 170 valence electrons. The van der Waals surface area contributed by atoms with Crippen molar-refractivity contribution < 1.29 is 9.53 Å². The number of ether oxygens (including phenoxy) is 1. The lowest BCUT2D eigenvalue weighted by atomic mass is 9.96. The molecule has 4 rings (SSSR count). The molecule has 0 saturated heterocycles. The quantitative estimate of drug-likeness (QED) is 0.407. The van der Waals surface area contributed by atoms with Crippen molar-refractivity contribution in [2.24, 2.45) is 4.99 Å². The lowest BCUT2D eigenvalue weighted by Gasteiger charge is -2.25. The van der Waals surface area contributed by atoms with Crippen LogP contribution in [0.25, 0.3) is 6.08 Å². The highest BCUT2D eigenvalue weighted by Crippen LogP contribution is 2.32. The van der Waals surface area contributed by atoms with Crippen molar-refractivity contribution in [2.75, 3.05) is 6.26 Å². The van der Waals surface area contributed by atoms with Crippen molar-refractivity contribution in [3.05, 3.63) is 96.2 Å². The van der Waals surface area contributed by atoms with E-state index in [1.807, 2.05) is 81.6 Å². The fourth-order valence-corrected chi connectivity index (χ4v) is 5.23. The Morgan fingerprint density at radius 3 is 2.39 bits per heavy atom. The number of aryl methyl sites for hydroxylation is 1. The highest BCUT2D eigenvalue weighted by atomic mass is 32.2. The van der Waals surface area contributed by atoms with E-state index in [4.69, 9.17) is 4.74 Å². The number of carbonyl (C=O) groups excluding carboxylic acids is 1. The Morgan fingerprint density at radius 2 is 1.79 bits per heavy atom. The van der Waals surface area contributed by atoms with Gasteiger partial charge in [0.05, 0.1) is 27.9 Å². The number of thioether (sulfide) groups is 1. The topological polar surface area (TPSA) is 60.7 Å². The molecule has 0 saturated carbocycles. The van der Waals surface area contributed by atoms with Crippen LogP contribution in [0.1, 0.15) is 43.5 Å². The third kappa shape index (κ3) is 4.75. The second kappa shape index (κ2) is 9.53. The van der Waals surface area contributed by atoms with Crippen LogP contribution in [0.15, 0.2) is 74.5 Å². The predicted molar refractivity (Wildman–Crippen MR) is 134 cm³/mol. The highest BCUT2D eigenvalue weighted by Gasteiger charge is 2.33. The van der Waals surface area contributed by atoms with Gasteiger partial charge in [0.2, 0.25) is 0 Å². The van der Waals surface area contributed by atoms with Gasteiger partial charge in [0, 0.05) is 4.90 Å². The van der Waals surface area contributed by atoms with Crippen LogP contribution in [0.2, 0.25) is 0 Å². The number of benzene rings is 2. The Balaban J connectivity index is 1.92. The van der Waals surface area contributed by atoms with Gasteiger partial charge in [-0.05, 0) is 63.3 Å². The molecule has 0 aliphatic carbocycles. The van der Waals surface area contributed by atoms with E-state index in [1.54, 1.807) is 23.3 Å². The molecular weight excluding hydrogens is 452 g/mol. The van der Waals surface area contributed by atoms with E-state index in [1.165, 1.54) is 11.3 Å². The standard InChI is InChI=1S/C26H26N2O3S2/c1-15(2)31-25(30)22-17(4)27-26-28(23(22)19-10-12-20(32-5)13-11-19)24(29)21(33-26)14-18-8-6-16(3)7-9-18/h6-15,23H,1-5H3/b21-14+/t23-/m1/s1. The first-order valence-electron chi connectivity index (χ1n) is 10.7. The molecule has 0 fully saturated rings. The average molecular weight is 479 g/mol. The molecule has 0 N–H and O–H groups in total. The molecular formula is C26H26N2O3S2. The van der Waals surface area contributed by atoms with Gasteiger partial charge in [0.15, 0.2) is 4.80 Å². The number of aromatic nitrogens is 1. The van der Waals surface area contributed by atoms with E-state index in [0.717, 1.165) is 21.6 Å². The van der Waals surface area contributed by atoms with Crippen molar-refractivity contribution >= 4 is 35.1 Å². The molecule has 1 atom stereocenters. The van der Waals surface area contributed by atoms with Crippen LogP contribution in [0.4, 0.5) is 0 Å². The molecule has 0 bridgehead atoms. The van der Waals surface area contributed by atoms with E-state index in [-0.39, 0.29) is 11.7 Å². The summed E-state index contributed by atoms with van der Waals surface area (Å²) in [6.07, 6.45) is 3.62. The SMILES string of the molecule is CSc1ccc([C@@H]2C(C(=O)OC(C)C)=C(C)N=c3s/c(=C/c4ccc(C)cc4)c(=O)n32)cc1. The maximum absolute atomic E-state index is 13.6. The van der Waals surface area contributed by atoms with Gasteiger partial charge in [0.25, 0.3) is 5.56 Å². The summed E-state index contributed by atoms with van der Waals surface area (Å²) in [5.74, 6) is -0.446. The molecule has 2 aromatic carbocycles. The van der Waals surface area contributed by atoms with Crippen LogP contribution in [0.5, 0.6) is 0 Å². The molecule has 0 spiro atoms. The molecule has 0 amide bonds. The Hall–Kier alpha value is -2.90. The second-order valence-corrected chi connectivity index (χ2v) is 10.1. The number of rotatable bonds is 5. The van der Waals surface area contributed by atoms with Gasteiger partial charge in [0.1, 0.15) is 0 Å². The van der Waals surface area contributed by atoms with E-state index in [9.17, 15) is 9.59 Å². The van der Waals surface area contributed by atoms with Crippen molar-refractivity contribution in [1.82, 2.24) is 4.57 Å². The van der Waals surface area contributed by atoms with E-state index in [2.05, 4.69) is 4.99 Å². The maximum Gasteiger partial charge on any atom is 0.338 e. The monoisotopic (exact) mass is 478 g/mol. The molecule has 1 aliphatic heterocycles. The first-order chi connectivity index (χ1) is 15.8. The van der Waals surface area contributed by atoms with Crippen LogP contribution in [0.3, 0.4) is 0 Å². The number of nitrogens with zero attached hydrogens (tertiary/aromatic N) is 2. The third-order valence-corrected chi connectivity index (χ3v) is 7.12. The predicted octanol–water partition coefficient (Wildman–Crippen LogP) is 4.22. The van der Waals surface area contributed by atoms with Gasteiger partial charge in [-0.2, -0.15) is 0 Å². The second-order valence-electron chi connectivity index (χ2n) is 8.22. The third-order valence-electron chi connectivity index (χ3n) is 5.39. The Morgan fingerprint density at radius 1 is 1.12 bits per heavy atom. The van der Waals surface area contributed by atoms with Gasteiger partial charge in [-0.25, -0.2) is 9.79 Å². The summed E-state index contributed by atoms with van der Waals surface area (Å²) < 4.78 is 7.75. The van der Waals surface area contributed by atoms with Gasteiger partial charge < -0.3 is 4.74 Å². The number of allylic oxidation sites excluding steroid dienone is 1. The van der Waals surface area contributed by atoms with Crippen LogP contribution in [-0.4, -0.2) is 22.9 Å². The van der Waals surface area contributed by atoms with Crippen molar-refractivity contribution in [3.63, 3.8) is 0 Å². The number of hydrogen-bond acceptors (Lipinski definition) is 6. The molecule has 5 nitrogen and oxygen atoms in total. The molecule has 1 aromatic heterocycles. The summed E-state index contributed by atoms with van der Waals surface area (Å²) in [6.45, 7) is 7.46. The highest BCUT2D eigenvalue weighted by molar-refractivity contribution is 7.98. The fourth-order valence-electron chi connectivity index (χ4n) is 3.78. The lowest BCUT2D eigenvalue weighted by molar-refractivity contribution is -0.143. The molecule has 3 aromatic rings. The van der Waals surface area contributed by atoms with Crippen molar-refractivity contribution in [2.45, 2.75) is 44.7 Å².